The predicted octanol–water partition coefficient (Wildman–Crippen LogP) is -0.295. The highest BCUT2D eigenvalue weighted by atomic mass is 16.5. The Hall–Kier alpha value is -2.34. The number of hydrogen-bond acceptors (Lipinski definition) is 8. The molecule has 5 N–H and O–H groups in total. The zero-order chi connectivity index (χ0) is 18.3. The van der Waals surface area contributed by atoms with Crippen molar-refractivity contribution < 1.29 is 29.4 Å². The highest BCUT2D eigenvalue weighted by Gasteiger charge is 2.48. The number of ether oxygens (including phenoxy) is 1. The van der Waals surface area contributed by atoms with Crippen molar-refractivity contribution in [3.63, 3.8) is 0 Å². The first-order valence-corrected chi connectivity index (χ1v) is 8.51. The summed E-state index contributed by atoms with van der Waals surface area (Å²) in [5.41, 5.74) is 4.02. The van der Waals surface area contributed by atoms with Gasteiger partial charge in [0.05, 0.1) is 19.0 Å². The number of aliphatic hydroxyl groups is 2. The minimum absolute atomic E-state index is 0.00729. The van der Waals surface area contributed by atoms with Gasteiger partial charge in [-0.15, -0.1) is 4.59 Å². The molecular formula is C15H21N6O5+. The second kappa shape index (κ2) is 6.43. The van der Waals surface area contributed by atoms with Crippen molar-refractivity contribution in [3.8, 4) is 0 Å². The van der Waals surface area contributed by atoms with E-state index in [4.69, 9.17) is 4.74 Å². The maximum absolute atomic E-state index is 12.0. The summed E-state index contributed by atoms with van der Waals surface area (Å²) in [6.45, 7) is 0.697. The molecule has 140 valence electrons. The number of quaternary nitrogens is 1. The lowest BCUT2D eigenvalue weighted by atomic mass is 9.88. The molecule has 0 aromatic carbocycles. The second-order valence-corrected chi connectivity index (χ2v) is 6.83. The van der Waals surface area contributed by atoms with E-state index in [1.54, 1.807) is 0 Å². The zero-order valence-electron chi connectivity index (χ0n) is 13.9. The minimum atomic E-state index is -1.01. The molecule has 4 rings (SSSR count). The first-order valence-electron chi connectivity index (χ1n) is 8.51. The monoisotopic (exact) mass is 365 g/mol. The molecular weight excluding hydrogens is 344 g/mol. The summed E-state index contributed by atoms with van der Waals surface area (Å²) in [5.74, 6) is 0.369. The lowest BCUT2D eigenvalue weighted by Gasteiger charge is -2.39. The maximum Gasteiger partial charge on any atom is 0.538 e. The molecule has 2 aromatic rings. The van der Waals surface area contributed by atoms with Crippen LogP contribution in [0, 0.1) is 5.92 Å². The molecule has 11 heteroatoms. The van der Waals surface area contributed by atoms with Crippen molar-refractivity contribution in [1.82, 2.24) is 19.9 Å². The van der Waals surface area contributed by atoms with E-state index in [9.17, 15) is 20.1 Å². The average molecular weight is 365 g/mol. The molecule has 1 unspecified atom stereocenters. The number of nitrogens with zero attached hydrogens (tertiary/aromatic N) is 4. The third-order valence-corrected chi connectivity index (χ3v) is 5.33. The topological polar surface area (TPSA) is 153 Å². The largest absolute Gasteiger partial charge is 0.538 e. The number of amides is 1. The molecule has 3 atom stereocenters. The fraction of sp³-hybridized carbons (Fsp3) is 0.600. The molecule has 0 bridgehead atoms. The fourth-order valence-corrected chi connectivity index (χ4v) is 3.80. The van der Waals surface area contributed by atoms with E-state index in [1.807, 2.05) is 0 Å². The summed E-state index contributed by atoms with van der Waals surface area (Å²) in [7, 11) is 0. The van der Waals surface area contributed by atoms with Gasteiger partial charge in [0.1, 0.15) is 37.1 Å². The Morgan fingerprint density at radius 2 is 2.04 bits per heavy atom. The van der Waals surface area contributed by atoms with Crippen molar-refractivity contribution in [2.75, 3.05) is 25.1 Å². The van der Waals surface area contributed by atoms with Gasteiger partial charge in [0.2, 0.25) is 5.82 Å². The quantitative estimate of drug-likeness (QED) is 0.461. The smallest absolute Gasteiger partial charge is 0.434 e. The Morgan fingerprint density at radius 1 is 1.27 bits per heavy atom. The van der Waals surface area contributed by atoms with Gasteiger partial charge in [-0.25, -0.2) is 20.4 Å². The SMILES string of the molecule is O=C(O)[N+]1(Nc2ncnc3nc[nH]c23)CCC([C@H]2OC[C@H](O)C2O)CC1. The number of rotatable bonds is 3. The van der Waals surface area contributed by atoms with Crippen molar-refractivity contribution in [3.05, 3.63) is 12.7 Å². The average Bonchev–Trinajstić information content (AvgIpc) is 3.24. The maximum atomic E-state index is 12.0. The van der Waals surface area contributed by atoms with Crippen LogP contribution in [0.25, 0.3) is 11.2 Å². The van der Waals surface area contributed by atoms with Gasteiger partial charge in [0.25, 0.3) is 0 Å². The zero-order valence-corrected chi connectivity index (χ0v) is 13.9. The highest BCUT2D eigenvalue weighted by Crippen LogP contribution is 2.33. The van der Waals surface area contributed by atoms with E-state index in [2.05, 4.69) is 25.4 Å². The number of aliphatic hydroxyl groups excluding tert-OH is 2. The number of imidazole rings is 1. The van der Waals surface area contributed by atoms with E-state index in [-0.39, 0.29) is 17.1 Å². The van der Waals surface area contributed by atoms with Crippen molar-refractivity contribution in [2.45, 2.75) is 31.2 Å². The molecule has 2 saturated heterocycles. The molecule has 2 aliphatic rings. The van der Waals surface area contributed by atoms with Gasteiger partial charge in [-0.3, -0.25) is 0 Å². The van der Waals surface area contributed by atoms with Crippen LogP contribution in [0.3, 0.4) is 0 Å². The lowest BCUT2D eigenvalue weighted by Crippen LogP contribution is -2.61. The van der Waals surface area contributed by atoms with Crippen LogP contribution in [-0.2, 0) is 4.74 Å². The van der Waals surface area contributed by atoms with Gasteiger partial charge < -0.3 is 25.0 Å². The Balaban J connectivity index is 1.52. The van der Waals surface area contributed by atoms with Crippen LogP contribution in [-0.4, -0.2) is 83.9 Å². The molecule has 0 radical (unpaired) electrons. The summed E-state index contributed by atoms with van der Waals surface area (Å²) >= 11 is 0. The molecule has 1 amide bonds. The molecule has 0 spiro atoms. The predicted molar refractivity (Wildman–Crippen MR) is 87.8 cm³/mol. The summed E-state index contributed by atoms with van der Waals surface area (Å²) < 4.78 is 5.12. The van der Waals surface area contributed by atoms with Crippen LogP contribution < -0.4 is 5.43 Å². The second-order valence-electron chi connectivity index (χ2n) is 6.83. The summed E-state index contributed by atoms with van der Waals surface area (Å²) in [4.78, 5) is 27.2. The minimum Gasteiger partial charge on any atom is -0.434 e. The van der Waals surface area contributed by atoms with Crippen LogP contribution in [0.1, 0.15) is 12.8 Å². The Bertz CT molecular complexity index is 805. The molecule has 0 saturated carbocycles. The number of H-pyrrole nitrogens is 1. The lowest BCUT2D eigenvalue weighted by molar-refractivity contribution is -0.842. The van der Waals surface area contributed by atoms with Crippen LogP contribution in [0.15, 0.2) is 12.7 Å². The Morgan fingerprint density at radius 3 is 2.69 bits per heavy atom. The molecule has 2 fully saturated rings. The molecule has 26 heavy (non-hydrogen) atoms. The number of nitrogens with one attached hydrogen (secondary N) is 2. The number of anilines is 1. The first-order chi connectivity index (χ1) is 12.5. The molecule has 4 heterocycles. The highest BCUT2D eigenvalue weighted by molar-refractivity contribution is 5.81. The van der Waals surface area contributed by atoms with Gasteiger partial charge in [-0.1, -0.05) is 0 Å². The van der Waals surface area contributed by atoms with Gasteiger partial charge in [0.15, 0.2) is 5.65 Å². The third-order valence-electron chi connectivity index (χ3n) is 5.33. The number of hydrogen-bond donors (Lipinski definition) is 5. The first kappa shape index (κ1) is 17.1. The number of likely N-dealkylation sites (tertiary alicyclic amines) is 1. The van der Waals surface area contributed by atoms with E-state index >= 15 is 0 Å². The summed E-state index contributed by atoms with van der Waals surface area (Å²) in [6.07, 6.45) is 0.600. The van der Waals surface area contributed by atoms with Gasteiger partial charge in [-0.2, -0.15) is 4.79 Å². The fourth-order valence-electron chi connectivity index (χ4n) is 3.80. The number of aromatic nitrogens is 4. The van der Waals surface area contributed by atoms with Crippen LogP contribution in [0.5, 0.6) is 0 Å². The summed E-state index contributed by atoms with van der Waals surface area (Å²) in [6, 6.07) is 0. The van der Waals surface area contributed by atoms with E-state index in [0.29, 0.717) is 42.9 Å². The Labute approximate surface area is 148 Å². The number of carbonyl (C=O) groups is 1. The molecule has 2 aliphatic heterocycles. The molecule has 0 aliphatic carbocycles. The van der Waals surface area contributed by atoms with Crippen molar-refractivity contribution in [1.29, 1.82) is 0 Å². The van der Waals surface area contributed by atoms with Crippen LogP contribution in [0.2, 0.25) is 0 Å². The van der Waals surface area contributed by atoms with Crippen LogP contribution in [0.4, 0.5) is 10.6 Å². The molecule has 2 aromatic heterocycles. The standard InChI is InChI=1S/C15H20N6O5/c22-9-5-26-12(11(9)23)8-1-3-21(4-2-8,15(24)25)20-14-10-13(17-6-16-10)18-7-19-14/h6-9,11-12,22-23H,1-5H2,(H2-,16,17,18,19,20,24,25)/p+1/t8?,9-,11?,12+,21?/m0/s1. The number of aromatic amines is 1. The van der Waals surface area contributed by atoms with Crippen molar-refractivity contribution in [2.24, 2.45) is 5.92 Å². The van der Waals surface area contributed by atoms with Gasteiger partial charge in [0, 0.05) is 12.8 Å². The Kier molecular flexibility index (Phi) is 4.23. The van der Waals surface area contributed by atoms with E-state index in [1.165, 1.54) is 12.7 Å². The van der Waals surface area contributed by atoms with Gasteiger partial charge in [-0.05, 0) is 5.92 Å². The van der Waals surface area contributed by atoms with E-state index < -0.39 is 24.4 Å². The van der Waals surface area contributed by atoms with E-state index in [0.717, 1.165) is 0 Å². The number of carboxylic acid groups (broad SMARTS) is 1. The number of piperidine rings is 1. The number of fused-ring (bicyclic) bond motifs is 1. The normalized spacial score (nSPS) is 34.8. The van der Waals surface area contributed by atoms with Gasteiger partial charge >= 0.3 is 6.09 Å². The van der Waals surface area contributed by atoms with Crippen LogP contribution >= 0.6 is 0 Å². The summed E-state index contributed by atoms with van der Waals surface area (Å²) in [5, 5.41) is 29.5. The third kappa shape index (κ3) is 2.78. The molecule has 11 nitrogen and oxygen atoms in total. The van der Waals surface area contributed by atoms with Crippen molar-refractivity contribution >= 4 is 23.1 Å².